The van der Waals surface area contributed by atoms with Gasteiger partial charge in [-0.1, -0.05) is 0 Å². The summed E-state index contributed by atoms with van der Waals surface area (Å²) in [5, 5.41) is 9.21. The zero-order chi connectivity index (χ0) is 12.4. The van der Waals surface area contributed by atoms with Gasteiger partial charge in [0.1, 0.15) is 12.1 Å². The van der Waals surface area contributed by atoms with Crippen LogP contribution in [0.1, 0.15) is 25.7 Å². The molecule has 7 heteroatoms. The largest absolute Gasteiger partial charge is 0.480 e. The van der Waals surface area contributed by atoms with Gasteiger partial charge in [0.15, 0.2) is 0 Å². The van der Waals surface area contributed by atoms with Gasteiger partial charge in [-0.25, -0.2) is 4.79 Å². The molecule has 3 unspecified atom stereocenters. The van der Waals surface area contributed by atoms with Gasteiger partial charge in [0, 0.05) is 0 Å². The van der Waals surface area contributed by atoms with Crippen molar-refractivity contribution in [2.45, 2.75) is 43.1 Å². The van der Waals surface area contributed by atoms with E-state index in [4.69, 9.17) is 0 Å². The van der Waals surface area contributed by atoms with Crippen molar-refractivity contribution < 1.29 is 14.7 Å². The highest BCUT2D eigenvalue weighted by Gasteiger charge is 2.42. The Kier molecular flexibility index (Phi) is 4.05. The molecule has 2 heterocycles. The summed E-state index contributed by atoms with van der Waals surface area (Å²) in [5.74, 6) is -0.210. The van der Waals surface area contributed by atoms with Gasteiger partial charge in [0.2, 0.25) is 5.91 Å². The summed E-state index contributed by atoms with van der Waals surface area (Å²) in [5.41, 5.74) is 0. The highest BCUT2D eigenvalue weighted by Crippen LogP contribution is 2.35. The molecular weight excluding hydrogens is 259 g/mol. The molecule has 2 fully saturated rings. The molecule has 0 aromatic rings. The van der Waals surface area contributed by atoms with Gasteiger partial charge < -0.3 is 10.0 Å². The summed E-state index contributed by atoms with van der Waals surface area (Å²) in [6.07, 6.45) is 2.97. The quantitative estimate of drug-likeness (QED) is 0.777. The van der Waals surface area contributed by atoms with Crippen LogP contribution < -0.4 is 0 Å². The van der Waals surface area contributed by atoms with Crippen LogP contribution in [-0.4, -0.2) is 45.1 Å². The van der Waals surface area contributed by atoms with Gasteiger partial charge in [-0.3, -0.25) is 9.54 Å². The van der Waals surface area contributed by atoms with E-state index in [-0.39, 0.29) is 11.3 Å². The molecule has 1 N–H and O–H groups in total. The van der Waals surface area contributed by atoms with Gasteiger partial charge in [-0.15, -0.1) is 11.8 Å². The smallest absolute Gasteiger partial charge is 0.326 e. The molecule has 2 aliphatic rings. The number of piperidine rings is 1. The molecule has 1 amide bonds. The van der Waals surface area contributed by atoms with Gasteiger partial charge in [0.25, 0.3) is 0 Å². The van der Waals surface area contributed by atoms with Crippen LogP contribution in [0.4, 0.5) is 0 Å². The third-order valence-electron chi connectivity index (χ3n) is 3.26. The second kappa shape index (κ2) is 5.36. The lowest BCUT2D eigenvalue weighted by Gasteiger charge is -2.39. The van der Waals surface area contributed by atoms with Gasteiger partial charge in [-0.05, 0) is 40.5 Å². The van der Waals surface area contributed by atoms with Crippen molar-refractivity contribution in [3.8, 4) is 0 Å². The number of aliphatic carboxylic acids is 1. The number of hydrogen-bond acceptors (Lipinski definition) is 4. The van der Waals surface area contributed by atoms with E-state index in [0.717, 1.165) is 18.6 Å². The third-order valence-corrected chi connectivity index (χ3v) is 4.89. The second-order valence-corrected chi connectivity index (χ2v) is 5.83. The topological polar surface area (TPSA) is 70.0 Å². The average molecular weight is 274 g/mol. The van der Waals surface area contributed by atoms with Crippen molar-refractivity contribution in [2.75, 3.05) is 5.75 Å². The third kappa shape index (κ3) is 2.47. The van der Waals surface area contributed by atoms with Crippen molar-refractivity contribution in [3.63, 3.8) is 0 Å². The molecule has 2 saturated heterocycles. The van der Waals surface area contributed by atoms with Crippen LogP contribution >= 0.6 is 20.8 Å². The maximum Gasteiger partial charge on any atom is 0.326 e. The fourth-order valence-electron chi connectivity index (χ4n) is 2.40. The predicted molar refractivity (Wildman–Crippen MR) is 67.5 cm³/mol. The van der Waals surface area contributed by atoms with E-state index < -0.39 is 18.1 Å². The molecular formula is C10H15N2O3PS. The predicted octanol–water partition coefficient (Wildman–Crippen LogP) is 1.61. The number of carboxylic acids is 1. The summed E-state index contributed by atoms with van der Waals surface area (Å²) >= 11 is 1.67. The first-order valence-corrected chi connectivity index (χ1v) is 7.18. The molecule has 94 valence electrons. The van der Waals surface area contributed by atoms with Gasteiger partial charge in [-0.2, -0.15) is 0 Å². The van der Waals surface area contributed by atoms with Crippen LogP contribution in [0.15, 0.2) is 4.74 Å². The van der Waals surface area contributed by atoms with Crippen LogP contribution in [0.2, 0.25) is 0 Å². The van der Waals surface area contributed by atoms with Crippen molar-refractivity contribution in [3.05, 3.63) is 0 Å². The van der Waals surface area contributed by atoms with Crippen LogP contribution in [0.25, 0.3) is 0 Å². The first-order chi connectivity index (χ1) is 8.15. The summed E-state index contributed by atoms with van der Waals surface area (Å²) in [4.78, 5) is 25.0. The zero-order valence-electron chi connectivity index (χ0n) is 9.33. The fraction of sp³-hybridized carbons (Fsp3) is 0.800. The van der Waals surface area contributed by atoms with E-state index in [1.54, 1.807) is 11.8 Å². The number of carboxylic acid groups (broad SMARTS) is 1. The Labute approximate surface area is 106 Å². The monoisotopic (exact) mass is 274 g/mol. The Morgan fingerprint density at radius 2 is 2.24 bits per heavy atom. The standard InChI is InChI=1S/C10H15N2O3PS/c13-9-6(11-16)4-5-17-8-3-1-2-7(10(14)15)12(8)9/h6-8,16H,1-5H2,(H,14,15). The Bertz CT molecular complexity index is 352. The Morgan fingerprint density at radius 3 is 2.88 bits per heavy atom. The van der Waals surface area contributed by atoms with Crippen molar-refractivity contribution >= 4 is 32.7 Å². The van der Waals surface area contributed by atoms with Crippen LogP contribution in [0.5, 0.6) is 0 Å². The summed E-state index contributed by atoms with van der Waals surface area (Å²) in [6, 6.07) is -1.12. The molecule has 0 aliphatic carbocycles. The first kappa shape index (κ1) is 12.8. The van der Waals surface area contributed by atoms with E-state index in [1.165, 1.54) is 4.90 Å². The lowest BCUT2D eigenvalue weighted by Crippen LogP contribution is -2.53. The number of carbonyl (C=O) groups is 2. The molecule has 0 saturated carbocycles. The van der Waals surface area contributed by atoms with E-state index in [0.29, 0.717) is 12.8 Å². The molecule has 2 aliphatic heterocycles. The fourth-order valence-corrected chi connectivity index (χ4v) is 4.01. The van der Waals surface area contributed by atoms with Crippen LogP contribution in [-0.2, 0) is 9.59 Å². The Morgan fingerprint density at radius 1 is 1.47 bits per heavy atom. The number of nitrogens with zero attached hydrogens (tertiary/aromatic N) is 2. The molecule has 17 heavy (non-hydrogen) atoms. The summed E-state index contributed by atoms with van der Waals surface area (Å²) in [7, 11) is 3.03. The van der Waals surface area contributed by atoms with E-state index in [2.05, 4.69) is 13.8 Å². The SMILES string of the molecule is O=C(O)C1CCCC2SCCC(N=P)C(=O)N21. The summed E-state index contributed by atoms with van der Waals surface area (Å²) < 4.78 is 3.88. The molecule has 2 rings (SSSR count). The average Bonchev–Trinajstić information content (AvgIpc) is 2.48. The summed E-state index contributed by atoms with van der Waals surface area (Å²) in [6.45, 7) is 0. The maximum absolute atomic E-state index is 12.3. The van der Waals surface area contributed by atoms with E-state index >= 15 is 0 Å². The Hall–Kier alpha value is -0.610. The van der Waals surface area contributed by atoms with E-state index in [1.807, 2.05) is 0 Å². The van der Waals surface area contributed by atoms with Gasteiger partial charge >= 0.3 is 5.97 Å². The lowest BCUT2D eigenvalue weighted by molar-refractivity contribution is -0.153. The molecule has 0 aromatic heterocycles. The highest BCUT2D eigenvalue weighted by atomic mass is 32.2. The number of amides is 1. The highest BCUT2D eigenvalue weighted by molar-refractivity contribution is 7.99. The minimum Gasteiger partial charge on any atom is -0.480 e. The van der Waals surface area contributed by atoms with Crippen molar-refractivity contribution in [2.24, 2.45) is 4.74 Å². The number of fused-ring (bicyclic) bond motifs is 1. The molecule has 0 bridgehead atoms. The van der Waals surface area contributed by atoms with Crippen LogP contribution in [0.3, 0.4) is 0 Å². The number of thioether (sulfide) groups is 1. The van der Waals surface area contributed by atoms with Crippen LogP contribution in [0, 0.1) is 0 Å². The van der Waals surface area contributed by atoms with E-state index in [9.17, 15) is 14.7 Å². The number of rotatable bonds is 2. The Balaban J connectivity index is 2.27. The lowest BCUT2D eigenvalue weighted by atomic mass is 10.0. The minimum absolute atomic E-state index is 0.00997. The zero-order valence-corrected chi connectivity index (χ0v) is 11.2. The molecule has 0 spiro atoms. The van der Waals surface area contributed by atoms with Crippen molar-refractivity contribution in [1.82, 2.24) is 4.90 Å². The minimum atomic E-state index is -0.904. The molecule has 3 atom stereocenters. The number of carbonyl (C=O) groups excluding carboxylic acids is 1. The molecule has 5 nitrogen and oxygen atoms in total. The maximum atomic E-state index is 12.3. The normalized spacial score (nSPS) is 33.8. The van der Waals surface area contributed by atoms with Gasteiger partial charge in [0.05, 0.1) is 5.37 Å². The van der Waals surface area contributed by atoms with Crippen molar-refractivity contribution in [1.29, 1.82) is 0 Å². The first-order valence-electron chi connectivity index (χ1n) is 5.68. The molecule has 0 aromatic carbocycles. The molecule has 0 radical (unpaired) electrons. The second-order valence-electron chi connectivity index (χ2n) is 4.29. The number of hydrogen-bond donors (Lipinski definition) is 1.